The minimum Gasteiger partial charge on any atom is -0.495 e. The van der Waals surface area contributed by atoms with Crippen LogP contribution in [0.1, 0.15) is 21.5 Å². The number of ether oxygens (including phenoxy) is 2. The molecule has 0 bridgehead atoms. The van der Waals surface area contributed by atoms with Crippen molar-refractivity contribution in [2.45, 2.75) is 11.8 Å². The van der Waals surface area contributed by atoms with Crippen LogP contribution in [-0.4, -0.2) is 37.3 Å². The fourth-order valence-corrected chi connectivity index (χ4v) is 3.92. The summed E-state index contributed by atoms with van der Waals surface area (Å²) in [5.41, 5.74) is 2.62. The summed E-state index contributed by atoms with van der Waals surface area (Å²) in [6.45, 7) is 1.40. The van der Waals surface area contributed by atoms with E-state index in [1.54, 1.807) is 60.7 Å². The van der Waals surface area contributed by atoms with Gasteiger partial charge in [-0.15, -0.1) is 11.8 Å². The molecule has 3 rings (SSSR count). The first-order valence-electron chi connectivity index (χ1n) is 10.5. The molecule has 0 spiro atoms. The third-order valence-corrected chi connectivity index (χ3v) is 5.78. The predicted octanol–water partition coefficient (Wildman–Crippen LogP) is 4.40. The molecule has 0 aliphatic carbocycles. The standard InChI is InChI=1S/C26H23N3O5S/c1-17-10-11-22(33-2)21(12-17)29-24(30)15-34-26(32)20-8-3-4-9-23(20)35-16-25(31)28-19-7-5-6-18(13-19)14-27/h3-13H,15-16H2,1-2H3,(H,28,31)(H,29,30). The zero-order valence-electron chi connectivity index (χ0n) is 19.2. The molecule has 0 unspecified atom stereocenters. The molecule has 35 heavy (non-hydrogen) atoms. The Bertz CT molecular complexity index is 1290. The van der Waals surface area contributed by atoms with Gasteiger partial charge in [-0.1, -0.05) is 24.3 Å². The second-order valence-corrected chi connectivity index (χ2v) is 8.37. The van der Waals surface area contributed by atoms with Crippen LogP contribution < -0.4 is 15.4 Å². The van der Waals surface area contributed by atoms with E-state index in [9.17, 15) is 14.4 Å². The van der Waals surface area contributed by atoms with Crippen molar-refractivity contribution in [2.75, 3.05) is 30.1 Å². The number of carbonyl (C=O) groups is 3. The highest BCUT2D eigenvalue weighted by Gasteiger charge is 2.16. The van der Waals surface area contributed by atoms with Gasteiger partial charge in [0.05, 0.1) is 35.7 Å². The SMILES string of the molecule is COc1ccc(C)cc1NC(=O)COC(=O)c1ccccc1SCC(=O)Nc1cccc(C#N)c1. The van der Waals surface area contributed by atoms with Crippen molar-refractivity contribution in [3.05, 3.63) is 83.4 Å². The lowest BCUT2D eigenvalue weighted by Crippen LogP contribution is -2.21. The minimum atomic E-state index is -0.679. The van der Waals surface area contributed by atoms with E-state index in [4.69, 9.17) is 14.7 Å². The fourth-order valence-electron chi connectivity index (χ4n) is 3.08. The number of benzene rings is 3. The predicted molar refractivity (Wildman–Crippen MR) is 134 cm³/mol. The summed E-state index contributed by atoms with van der Waals surface area (Å²) in [5, 5.41) is 14.4. The summed E-state index contributed by atoms with van der Waals surface area (Å²) in [6, 6.07) is 20.6. The van der Waals surface area contributed by atoms with Gasteiger partial charge in [-0.25, -0.2) is 4.79 Å². The van der Waals surface area contributed by atoms with E-state index >= 15 is 0 Å². The number of esters is 1. The van der Waals surface area contributed by atoms with E-state index in [1.807, 2.05) is 19.1 Å². The van der Waals surface area contributed by atoms with Crippen LogP contribution in [0.3, 0.4) is 0 Å². The monoisotopic (exact) mass is 489 g/mol. The fraction of sp³-hybridized carbons (Fsp3) is 0.154. The molecule has 0 aliphatic heterocycles. The van der Waals surface area contributed by atoms with Crippen molar-refractivity contribution < 1.29 is 23.9 Å². The number of hydrogen-bond acceptors (Lipinski definition) is 7. The first-order valence-corrected chi connectivity index (χ1v) is 11.5. The molecule has 2 N–H and O–H groups in total. The lowest BCUT2D eigenvalue weighted by Gasteiger charge is -2.12. The van der Waals surface area contributed by atoms with Crippen LogP contribution in [-0.2, 0) is 14.3 Å². The molecule has 2 amide bonds. The molecule has 3 aromatic rings. The van der Waals surface area contributed by atoms with E-state index < -0.39 is 18.5 Å². The Morgan fingerprint density at radius 2 is 1.77 bits per heavy atom. The Morgan fingerprint density at radius 1 is 0.971 bits per heavy atom. The molecule has 0 aromatic heterocycles. The lowest BCUT2D eigenvalue weighted by molar-refractivity contribution is -0.119. The van der Waals surface area contributed by atoms with Crippen molar-refractivity contribution in [1.82, 2.24) is 0 Å². The summed E-state index contributed by atoms with van der Waals surface area (Å²) < 4.78 is 10.4. The summed E-state index contributed by atoms with van der Waals surface area (Å²) in [7, 11) is 1.50. The molecule has 0 aliphatic rings. The van der Waals surface area contributed by atoms with E-state index in [0.29, 0.717) is 27.6 Å². The third-order valence-electron chi connectivity index (χ3n) is 4.70. The number of anilines is 2. The summed E-state index contributed by atoms with van der Waals surface area (Å²) in [6.07, 6.45) is 0. The van der Waals surface area contributed by atoms with Gasteiger partial charge in [-0.3, -0.25) is 9.59 Å². The second kappa shape index (κ2) is 12.3. The van der Waals surface area contributed by atoms with Crippen LogP contribution in [0, 0.1) is 18.3 Å². The van der Waals surface area contributed by atoms with Crippen LogP contribution >= 0.6 is 11.8 Å². The number of nitrogens with zero attached hydrogens (tertiary/aromatic N) is 1. The molecule has 0 atom stereocenters. The van der Waals surface area contributed by atoms with E-state index in [2.05, 4.69) is 10.6 Å². The molecule has 9 heteroatoms. The minimum absolute atomic E-state index is 0.0364. The van der Waals surface area contributed by atoms with Gasteiger partial charge in [0.15, 0.2) is 6.61 Å². The van der Waals surface area contributed by atoms with Crippen molar-refractivity contribution in [3.8, 4) is 11.8 Å². The number of methoxy groups -OCH3 is 1. The highest BCUT2D eigenvalue weighted by molar-refractivity contribution is 8.00. The molecule has 0 saturated carbocycles. The Kier molecular flexibility index (Phi) is 8.87. The summed E-state index contributed by atoms with van der Waals surface area (Å²) in [4.78, 5) is 37.8. The highest BCUT2D eigenvalue weighted by Crippen LogP contribution is 2.26. The van der Waals surface area contributed by atoms with Gasteiger partial charge >= 0.3 is 5.97 Å². The van der Waals surface area contributed by atoms with Gasteiger partial charge < -0.3 is 20.1 Å². The molecule has 8 nitrogen and oxygen atoms in total. The van der Waals surface area contributed by atoms with E-state index in [-0.39, 0.29) is 17.2 Å². The average molecular weight is 490 g/mol. The Morgan fingerprint density at radius 3 is 2.54 bits per heavy atom. The molecule has 0 saturated heterocycles. The number of aryl methyl sites for hydroxylation is 1. The molecular formula is C26H23N3O5S. The Balaban J connectivity index is 1.56. The summed E-state index contributed by atoms with van der Waals surface area (Å²) >= 11 is 1.16. The van der Waals surface area contributed by atoms with Gasteiger partial charge in [0.1, 0.15) is 5.75 Å². The zero-order chi connectivity index (χ0) is 25.2. The van der Waals surface area contributed by atoms with E-state index in [0.717, 1.165) is 17.3 Å². The number of thioether (sulfide) groups is 1. The smallest absolute Gasteiger partial charge is 0.339 e. The normalized spacial score (nSPS) is 10.1. The number of nitriles is 1. The van der Waals surface area contributed by atoms with Gasteiger partial charge in [0, 0.05) is 10.6 Å². The molecule has 0 heterocycles. The van der Waals surface area contributed by atoms with E-state index in [1.165, 1.54) is 7.11 Å². The maximum Gasteiger partial charge on any atom is 0.339 e. The maximum absolute atomic E-state index is 12.6. The van der Waals surface area contributed by atoms with Gasteiger partial charge in [-0.05, 0) is 55.0 Å². The molecule has 0 fully saturated rings. The quantitative estimate of drug-likeness (QED) is 0.338. The molecule has 3 aromatic carbocycles. The zero-order valence-corrected chi connectivity index (χ0v) is 20.0. The lowest BCUT2D eigenvalue weighted by atomic mass is 10.2. The van der Waals surface area contributed by atoms with Crippen LogP contribution in [0.2, 0.25) is 0 Å². The average Bonchev–Trinajstić information content (AvgIpc) is 2.86. The van der Waals surface area contributed by atoms with Gasteiger partial charge in [-0.2, -0.15) is 5.26 Å². The van der Waals surface area contributed by atoms with Crippen LogP contribution in [0.25, 0.3) is 0 Å². The van der Waals surface area contributed by atoms with Gasteiger partial charge in [0.2, 0.25) is 5.91 Å². The number of rotatable bonds is 9. The highest BCUT2D eigenvalue weighted by atomic mass is 32.2. The van der Waals surface area contributed by atoms with Crippen LogP contribution in [0.5, 0.6) is 5.75 Å². The topological polar surface area (TPSA) is 118 Å². The number of carbonyl (C=O) groups excluding carboxylic acids is 3. The van der Waals surface area contributed by atoms with Crippen LogP contribution in [0.4, 0.5) is 11.4 Å². The number of amides is 2. The van der Waals surface area contributed by atoms with Crippen LogP contribution in [0.15, 0.2) is 71.6 Å². The second-order valence-electron chi connectivity index (χ2n) is 7.35. The maximum atomic E-state index is 12.6. The first kappa shape index (κ1) is 25.3. The Hall–Kier alpha value is -4.29. The third kappa shape index (κ3) is 7.35. The van der Waals surface area contributed by atoms with Crippen molar-refractivity contribution >= 4 is 40.9 Å². The largest absolute Gasteiger partial charge is 0.495 e. The molecule has 0 radical (unpaired) electrons. The van der Waals surface area contributed by atoms with Crippen molar-refractivity contribution in [1.29, 1.82) is 5.26 Å². The Labute approximate surface area is 207 Å². The summed E-state index contributed by atoms with van der Waals surface area (Å²) in [5.74, 6) is -0.948. The number of hydrogen-bond donors (Lipinski definition) is 2. The first-order chi connectivity index (χ1) is 16.9. The molecule has 178 valence electrons. The van der Waals surface area contributed by atoms with Gasteiger partial charge in [0.25, 0.3) is 5.91 Å². The molecular weight excluding hydrogens is 466 g/mol. The van der Waals surface area contributed by atoms with Crippen molar-refractivity contribution in [3.63, 3.8) is 0 Å². The van der Waals surface area contributed by atoms with Crippen molar-refractivity contribution in [2.24, 2.45) is 0 Å². The number of nitrogens with one attached hydrogen (secondary N) is 2.